The molecule has 64 valence electrons. The summed E-state index contributed by atoms with van der Waals surface area (Å²) in [7, 11) is 0. The molecule has 2 saturated heterocycles. The van der Waals surface area contributed by atoms with E-state index in [9.17, 15) is 0 Å². The molecule has 0 aromatic rings. The van der Waals surface area contributed by atoms with Crippen LogP contribution >= 0.6 is 31.9 Å². The maximum absolute atomic E-state index is 3.76. The summed E-state index contributed by atoms with van der Waals surface area (Å²) in [5.41, 5.74) is 0. The second kappa shape index (κ2) is 3.69. The Balaban J connectivity index is 2.00. The van der Waals surface area contributed by atoms with Crippen LogP contribution in [0.25, 0.3) is 0 Å². The molecule has 0 amide bonds. The predicted octanol–water partition coefficient (Wildman–Crippen LogP) is 3.38. The van der Waals surface area contributed by atoms with Crippen molar-refractivity contribution >= 4 is 46.8 Å². The summed E-state index contributed by atoms with van der Waals surface area (Å²) in [5.74, 6) is 0. The van der Waals surface area contributed by atoms with Crippen LogP contribution < -0.4 is 0 Å². The molecule has 11 heavy (non-hydrogen) atoms. The molecule has 0 nitrogen and oxygen atoms in total. The van der Waals surface area contributed by atoms with Gasteiger partial charge in [-0.05, 0) is 0 Å². The van der Waals surface area contributed by atoms with Crippen molar-refractivity contribution in [1.82, 2.24) is 0 Å². The number of halogens is 2. The van der Waals surface area contributed by atoms with E-state index in [0.29, 0.717) is 0 Å². The Bertz CT molecular complexity index is 118. The molecule has 2 bridgehead atoms. The van der Waals surface area contributed by atoms with Gasteiger partial charge in [-0.1, -0.05) is 0 Å². The first-order valence-corrected chi connectivity index (χ1v) is 7.98. The van der Waals surface area contributed by atoms with Crippen LogP contribution in [0.1, 0.15) is 25.7 Å². The minimum atomic E-state index is 0.841. The molecule has 0 aliphatic carbocycles. The van der Waals surface area contributed by atoms with E-state index >= 15 is 0 Å². The molecule has 2 rings (SSSR count). The normalized spacial score (nSPS) is 50.7. The molecule has 0 saturated carbocycles. The Morgan fingerprint density at radius 2 is 1.18 bits per heavy atom. The van der Waals surface area contributed by atoms with E-state index < -0.39 is 0 Å². The molecular weight excluding hydrogens is 335 g/mol. The summed E-state index contributed by atoms with van der Waals surface area (Å²) >= 11 is 8.48. The molecule has 0 aromatic carbocycles. The Morgan fingerprint density at radius 1 is 0.818 bits per heavy atom. The summed E-state index contributed by atoms with van der Waals surface area (Å²) in [6.45, 7) is 0. The van der Waals surface area contributed by atoms with E-state index in [1.165, 1.54) is 25.7 Å². The molecule has 0 N–H and O–H groups in total. The van der Waals surface area contributed by atoms with Gasteiger partial charge in [0.1, 0.15) is 0 Å². The maximum atomic E-state index is 3.76. The van der Waals surface area contributed by atoms with E-state index in [1.54, 1.807) is 0 Å². The Kier molecular flexibility index (Phi) is 3.04. The zero-order valence-corrected chi connectivity index (χ0v) is 11.2. The van der Waals surface area contributed by atoms with Gasteiger partial charge in [0.15, 0.2) is 0 Å². The van der Waals surface area contributed by atoms with Crippen molar-refractivity contribution < 1.29 is 0 Å². The van der Waals surface area contributed by atoms with Gasteiger partial charge in [0.2, 0.25) is 0 Å². The fourth-order valence-electron chi connectivity index (χ4n) is 2.02. The van der Waals surface area contributed by atoms with E-state index in [2.05, 4.69) is 31.9 Å². The van der Waals surface area contributed by atoms with Crippen LogP contribution in [0.15, 0.2) is 0 Å². The topological polar surface area (TPSA) is 0 Å². The molecule has 2 heterocycles. The monoisotopic (exact) mass is 346 g/mol. The van der Waals surface area contributed by atoms with Crippen LogP contribution in [-0.4, -0.2) is 24.6 Å². The molecular formula is C8H12Br2Se. The van der Waals surface area contributed by atoms with Gasteiger partial charge in [0.25, 0.3) is 0 Å². The predicted molar refractivity (Wildman–Crippen MR) is 57.2 cm³/mol. The third-order valence-electron chi connectivity index (χ3n) is 2.46. The molecule has 0 spiro atoms. The van der Waals surface area contributed by atoms with E-state index in [1.807, 2.05) is 0 Å². The van der Waals surface area contributed by atoms with E-state index in [4.69, 9.17) is 0 Å². The molecule has 3 heteroatoms. The average molecular weight is 347 g/mol. The third-order valence-corrected chi connectivity index (χ3v) is 7.18. The Morgan fingerprint density at radius 3 is 1.55 bits per heavy atom. The molecule has 0 unspecified atom stereocenters. The summed E-state index contributed by atoms with van der Waals surface area (Å²) in [6, 6.07) is 0. The van der Waals surface area contributed by atoms with Gasteiger partial charge < -0.3 is 0 Å². The van der Waals surface area contributed by atoms with Crippen LogP contribution in [-0.2, 0) is 0 Å². The average Bonchev–Trinajstić information content (AvgIpc) is 1.82. The van der Waals surface area contributed by atoms with Gasteiger partial charge in [0, 0.05) is 0 Å². The molecule has 2 aliphatic heterocycles. The first-order valence-electron chi connectivity index (χ1n) is 4.17. The van der Waals surface area contributed by atoms with Crippen molar-refractivity contribution in [1.29, 1.82) is 0 Å². The van der Waals surface area contributed by atoms with Crippen LogP contribution in [0.3, 0.4) is 0 Å². The molecule has 0 radical (unpaired) electrons. The second-order valence-corrected chi connectivity index (χ2v) is 9.48. The van der Waals surface area contributed by atoms with Crippen molar-refractivity contribution in [3.8, 4) is 0 Å². The van der Waals surface area contributed by atoms with Gasteiger partial charge in [-0.3, -0.25) is 0 Å². The molecule has 2 fully saturated rings. The molecule has 0 aromatic heterocycles. The van der Waals surface area contributed by atoms with Gasteiger partial charge >= 0.3 is 91.8 Å². The third kappa shape index (κ3) is 2.24. The van der Waals surface area contributed by atoms with Gasteiger partial charge in [0.05, 0.1) is 0 Å². The van der Waals surface area contributed by atoms with Crippen molar-refractivity contribution in [2.75, 3.05) is 0 Å². The summed E-state index contributed by atoms with van der Waals surface area (Å²) in [5, 5.41) is 0. The van der Waals surface area contributed by atoms with Crippen molar-refractivity contribution in [2.24, 2.45) is 0 Å². The quantitative estimate of drug-likeness (QED) is 0.466. The molecule has 0 atom stereocenters. The number of rotatable bonds is 0. The number of alkyl halides is 2. The van der Waals surface area contributed by atoms with Crippen molar-refractivity contribution in [3.63, 3.8) is 0 Å². The molecule has 2 aliphatic rings. The zero-order valence-electron chi connectivity index (χ0n) is 6.30. The van der Waals surface area contributed by atoms with Crippen LogP contribution in [0.2, 0.25) is 9.63 Å². The fourth-order valence-corrected chi connectivity index (χ4v) is 10.1. The zero-order chi connectivity index (χ0) is 7.84. The summed E-state index contributed by atoms with van der Waals surface area (Å²) < 4.78 is 0. The first-order chi connectivity index (χ1) is 5.24. The number of hydrogen-bond donors (Lipinski definition) is 0. The minimum absolute atomic E-state index is 0.841. The SMILES string of the molecule is BrC1CC2CC(Br)CC(C1)[Se]2. The van der Waals surface area contributed by atoms with Crippen molar-refractivity contribution in [3.05, 3.63) is 0 Å². The fraction of sp³-hybridized carbons (Fsp3) is 1.00. The standard InChI is InChI=1S/C8H12Br2Se/c9-5-1-7-3-6(10)4-8(2-5)11-7/h5-8H,1-4H2. The van der Waals surface area contributed by atoms with Gasteiger partial charge in [-0.2, -0.15) is 0 Å². The second-order valence-electron chi connectivity index (χ2n) is 3.52. The number of fused-ring (bicyclic) bond motifs is 2. The first kappa shape index (κ1) is 9.05. The van der Waals surface area contributed by atoms with Crippen LogP contribution in [0, 0.1) is 0 Å². The van der Waals surface area contributed by atoms with E-state index in [0.717, 1.165) is 34.2 Å². The van der Waals surface area contributed by atoms with E-state index in [-0.39, 0.29) is 0 Å². The summed E-state index contributed by atoms with van der Waals surface area (Å²) in [4.78, 5) is 3.83. The van der Waals surface area contributed by atoms with Crippen molar-refractivity contribution in [2.45, 2.75) is 45.0 Å². The van der Waals surface area contributed by atoms with Crippen LogP contribution in [0.5, 0.6) is 0 Å². The Hall–Kier alpha value is 1.48. The van der Waals surface area contributed by atoms with Crippen LogP contribution in [0.4, 0.5) is 0 Å². The summed E-state index contributed by atoms with van der Waals surface area (Å²) in [6.07, 6.45) is 5.77. The number of hydrogen-bond acceptors (Lipinski definition) is 0. The Labute approximate surface area is 91.3 Å². The van der Waals surface area contributed by atoms with Gasteiger partial charge in [-0.15, -0.1) is 0 Å². The van der Waals surface area contributed by atoms with Gasteiger partial charge in [-0.25, -0.2) is 0 Å².